The van der Waals surface area contributed by atoms with E-state index in [9.17, 15) is 4.79 Å². The third kappa shape index (κ3) is 2.92. The molecule has 0 spiro atoms. The summed E-state index contributed by atoms with van der Waals surface area (Å²) in [6, 6.07) is 9.02. The number of hydrogen-bond acceptors (Lipinski definition) is 3. The highest BCUT2D eigenvalue weighted by Crippen LogP contribution is 2.43. The second kappa shape index (κ2) is 5.27. The quantitative estimate of drug-likeness (QED) is 0.493. The maximum atomic E-state index is 11.4. The molecule has 0 saturated heterocycles. The number of hydrogen-bond donors (Lipinski definition) is 0. The van der Waals surface area contributed by atoms with Crippen LogP contribution in [0.25, 0.3) is 10.9 Å². The first-order valence-corrected chi connectivity index (χ1v) is 7.36. The fourth-order valence-electron chi connectivity index (χ4n) is 1.53. The van der Waals surface area contributed by atoms with Gasteiger partial charge in [-0.1, -0.05) is 53.9 Å². The maximum absolute atomic E-state index is 11.4. The molecular formula is C12H8Br3NO2. The summed E-state index contributed by atoms with van der Waals surface area (Å²) in [7, 11) is 1.36. The van der Waals surface area contributed by atoms with Gasteiger partial charge < -0.3 is 4.74 Å². The van der Waals surface area contributed by atoms with E-state index in [0.29, 0.717) is 5.56 Å². The highest BCUT2D eigenvalue weighted by Gasteiger charge is 2.22. The van der Waals surface area contributed by atoms with Crippen LogP contribution < -0.4 is 0 Å². The van der Waals surface area contributed by atoms with Crippen LogP contribution in [0.4, 0.5) is 0 Å². The summed E-state index contributed by atoms with van der Waals surface area (Å²) in [5.41, 5.74) is 2.12. The first-order valence-electron chi connectivity index (χ1n) is 4.98. The van der Waals surface area contributed by atoms with Crippen molar-refractivity contribution in [2.45, 2.75) is 2.14 Å². The number of aromatic nitrogens is 1. The van der Waals surface area contributed by atoms with Crippen molar-refractivity contribution >= 4 is 64.7 Å². The minimum atomic E-state index is -0.539. The summed E-state index contributed by atoms with van der Waals surface area (Å²) in [6.07, 6.45) is 0. The Kier molecular flexibility index (Phi) is 4.08. The second-order valence-electron chi connectivity index (χ2n) is 3.59. The van der Waals surface area contributed by atoms with Crippen molar-refractivity contribution in [3.63, 3.8) is 0 Å². The molecule has 0 aliphatic heterocycles. The van der Waals surface area contributed by atoms with Gasteiger partial charge in [-0.2, -0.15) is 0 Å². The number of esters is 1. The Morgan fingerprint density at radius 2 is 1.94 bits per heavy atom. The SMILES string of the molecule is COC(=O)c1ccc2nc(C(Br)(Br)Br)ccc2c1. The van der Waals surface area contributed by atoms with Crippen molar-refractivity contribution in [1.29, 1.82) is 0 Å². The first kappa shape index (κ1) is 14.0. The van der Waals surface area contributed by atoms with E-state index in [2.05, 4.69) is 57.5 Å². The number of methoxy groups -OCH3 is 1. The van der Waals surface area contributed by atoms with Crippen LogP contribution in [0.2, 0.25) is 0 Å². The minimum absolute atomic E-state index is 0.350. The summed E-state index contributed by atoms with van der Waals surface area (Å²) in [6.45, 7) is 0. The van der Waals surface area contributed by atoms with E-state index in [0.717, 1.165) is 16.6 Å². The lowest BCUT2D eigenvalue weighted by molar-refractivity contribution is 0.0601. The molecular weight excluding hydrogens is 430 g/mol. The molecule has 0 unspecified atom stereocenters. The number of alkyl halides is 3. The van der Waals surface area contributed by atoms with Crippen LogP contribution in [0.1, 0.15) is 16.1 Å². The lowest BCUT2D eigenvalue weighted by atomic mass is 10.1. The van der Waals surface area contributed by atoms with Gasteiger partial charge in [-0.05, 0) is 24.3 Å². The number of rotatable bonds is 1. The van der Waals surface area contributed by atoms with Gasteiger partial charge >= 0.3 is 5.97 Å². The van der Waals surface area contributed by atoms with Gasteiger partial charge in [0, 0.05) is 5.39 Å². The molecule has 0 radical (unpaired) electrons. The maximum Gasteiger partial charge on any atom is 0.337 e. The summed E-state index contributed by atoms with van der Waals surface area (Å²) in [5.74, 6) is -0.350. The molecule has 6 heteroatoms. The van der Waals surface area contributed by atoms with Gasteiger partial charge in [0.05, 0.1) is 23.9 Å². The van der Waals surface area contributed by atoms with Gasteiger partial charge in [0.2, 0.25) is 0 Å². The van der Waals surface area contributed by atoms with Crippen molar-refractivity contribution in [3.8, 4) is 0 Å². The summed E-state index contributed by atoms with van der Waals surface area (Å²) >= 11 is 10.3. The Bertz CT molecular complexity index is 608. The molecule has 0 fully saturated rings. The van der Waals surface area contributed by atoms with Gasteiger partial charge in [0.25, 0.3) is 0 Å². The molecule has 3 nitrogen and oxygen atoms in total. The number of pyridine rings is 1. The molecule has 2 rings (SSSR count). The van der Waals surface area contributed by atoms with Gasteiger partial charge in [-0.25, -0.2) is 9.78 Å². The third-order valence-corrected chi connectivity index (χ3v) is 3.62. The largest absolute Gasteiger partial charge is 0.465 e. The van der Waals surface area contributed by atoms with E-state index in [1.807, 2.05) is 12.1 Å². The molecule has 2 aromatic rings. The average molecular weight is 438 g/mol. The Morgan fingerprint density at radius 3 is 2.56 bits per heavy atom. The number of halogens is 3. The van der Waals surface area contributed by atoms with Gasteiger partial charge in [-0.15, -0.1) is 0 Å². The molecule has 0 saturated carbocycles. The zero-order chi connectivity index (χ0) is 13.3. The molecule has 0 aliphatic rings. The molecule has 0 aliphatic carbocycles. The van der Waals surface area contributed by atoms with Crippen molar-refractivity contribution in [3.05, 3.63) is 41.6 Å². The molecule has 1 aromatic heterocycles. The monoisotopic (exact) mass is 435 g/mol. The molecule has 18 heavy (non-hydrogen) atoms. The summed E-state index contributed by atoms with van der Waals surface area (Å²) < 4.78 is 4.14. The van der Waals surface area contributed by atoms with Crippen LogP contribution >= 0.6 is 47.8 Å². The van der Waals surface area contributed by atoms with Crippen molar-refractivity contribution in [2.75, 3.05) is 7.11 Å². The Morgan fingerprint density at radius 1 is 1.22 bits per heavy atom. The number of nitrogens with zero attached hydrogens (tertiary/aromatic N) is 1. The van der Waals surface area contributed by atoms with Crippen LogP contribution in [0, 0.1) is 0 Å². The van der Waals surface area contributed by atoms with Crippen LogP contribution in [-0.4, -0.2) is 18.1 Å². The molecule has 0 N–H and O–H groups in total. The van der Waals surface area contributed by atoms with E-state index >= 15 is 0 Å². The van der Waals surface area contributed by atoms with Crippen molar-refractivity contribution in [1.82, 2.24) is 4.98 Å². The number of ether oxygens (including phenoxy) is 1. The molecule has 1 heterocycles. The van der Waals surface area contributed by atoms with Gasteiger partial charge in [0.15, 0.2) is 2.14 Å². The standard InChI is InChI=1S/C12H8Br3NO2/c1-18-11(17)8-2-4-9-7(6-8)3-5-10(16-9)12(13,14)15/h2-6H,1H3. The molecule has 94 valence electrons. The zero-order valence-electron chi connectivity index (χ0n) is 9.28. The van der Waals surface area contributed by atoms with Crippen LogP contribution in [0.5, 0.6) is 0 Å². The highest BCUT2D eigenvalue weighted by atomic mass is 80.0. The molecule has 1 aromatic carbocycles. The summed E-state index contributed by atoms with van der Waals surface area (Å²) in [5, 5.41) is 0.887. The first-order chi connectivity index (χ1) is 8.41. The molecule has 0 atom stereocenters. The predicted molar refractivity (Wildman–Crippen MR) is 81.5 cm³/mol. The third-order valence-electron chi connectivity index (χ3n) is 2.40. The van der Waals surface area contributed by atoms with E-state index in [-0.39, 0.29) is 5.97 Å². The van der Waals surface area contributed by atoms with E-state index < -0.39 is 2.14 Å². The van der Waals surface area contributed by atoms with Crippen molar-refractivity contribution in [2.24, 2.45) is 0 Å². The van der Waals surface area contributed by atoms with Crippen molar-refractivity contribution < 1.29 is 9.53 Å². The molecule has 0 bridgehead atoms. The van der Waals surface area contributed by atoms with E-state index in [1.165, 1.54) is 7.11 Å². The smallest absolute Gasteiger partial charge is 0.337 e. The fourth-order valence-corrected chi connectivity index (χ4v) is 2.19. The Labute approximate surface area is 129 Å². The normalized spacial score (nSPS) is 11.6. The topological polar surface area (TPSA) is 39.2 Å². The Balaban J connectivity index is 2.52. The Hall–Kier alpha value is -0.460. The second-order valence-corrected chi connectivity index (χ2v) is 10.4. The lowest BCUT2D eigenvalue weighted by Gasteiger charge is -2.12. The van der Waals surface area contributed by atoms with Crippen LogP contribution in [0.3, 0.4) is 0 Å². The fraction of sp³-hybridized carbons (Fsp3) is 0.167. The predicted octanol–water partition coefficient (Wildman–Crippen LogP) is 4.32. The molecule has 0 amide bonds. The lowest BCUT2D eigenvalue weighted by Crippen LogP contribution is -2.03. The van der Waals surface area contributed by atoms with E-state index in [4.69, 9.17) is 0 Å². The number of carbonyl (C=O) groups is 1. The van der Waals surface area contributed by atoms with Gasteiger partial charge in [0.1, 0.15) is 0 Å². The number of carbonyl (C=O) groups excluding carboxylic acids is 1. The highest BCUT2D eigenvalue weighted by molar-refractivity contribution is 9.38. The van der Waals surface area contributed by atoms with Gasteiger partial charge in [-0.3, -0.25) is 0 Å². The van der Waals surface area contributed by atoms with Crippen LogP contribution in [0.15, 0.2) is 30.3 Å². The minimum Gasteiger partial charge on any atom is -0.465 e. The summed E-state index contributed by atoms with van der Waals surface area (Å²) in [4.78, 5) is 15.9. The van der Waals surface area contributed by atoms with Crippen LogP contribution in [-0.2, 0) is 6.88 Å². The average Bonchev–Trinajstić information content (AvgIpc) is 2.35. The number of benzene rings is 1. The van der Waals surface area contributed by atoms with E-state index in [1.54, 1.807) is 18.2 Å². The zero-order valence-corrected chi connectivity index (χ0v) is 14.0. The number of fused-ring (bicyclic) bond motifs is 1.